The molecule has 0 aliphatic heterocycles. The summed E-state index contributed by atoms with van der Waals surface area (Å²) in [4.78, 5) is 4.69. The average Bonchev–Trinajstić information content (AvgIpc) is 2.40. The van der Waals surface area contributed by atoms with E-state index in [9.17, 15) is 0 Å². The maximum Gasteiger partial charge on any atom is 0.0711 e. The lowest BCUT2D eigenvalue weighted by Gasteiger charge is -2.07. The summed E-state index contributed by atoms with van der Waals surface area (Å²) < 4.78 is 1.09. The number of nitrogens with zero attached hydrogens (tertiary/aromatic N) is 1. The van der Waals surface area contributed by atoms with Crippen molar-refractivity contribution >= 4 is 26.7 Å². The van der Waals surface area contributed by atoms with Gasteiger partial charge in [0.05, 0.1) is 5.69 Å². The largest absolute Gasteiger partial charge is 0.252 e. The molecule has 1 nitrogen and oxygen atoms in total. The molecule has 18 heavy (non-hydrogen) atoms. The minimum Gasteiger partial charge on any atom is -0.252 e. The van der Waals surface area contributed by atoms with Crippen molar-refractivity contribution in [1.82, 2.24) is 4.98 Å². The normalized spacial score (nSPS) is 10.8. The highest BCUT2D eigenvalue weighted by Gasteiger charge is 2.04. The van der Waals surface area contributed by atoms with Crippen molar-refractivity contribution in [3.8, 4) is 11.3 Å². The summed E-state index contributed by atoms with van der Waals surface area (Å²) in [7, 11) is 0. The number of pyridine rings is 1. The number of halogens is 1. The standard InChI is InChI=1S/C16H12BrN/c1-11-15-10-14(17)8-7-13(15)9-16(18-11)12-5-3-2-4-6-12/h2-10H,1H3. The average molecular weight is 298 g/mol. The van der Waals surface area contributed by atoms with Gasteiger partial charge >= 0.3 is 0 Å². The summed E-state index contributed by atoms with van der Waals surface area (Å²) in [5.74, 6) is 0. The number of aromatic nitrogens is 1. The minimum absolute atomic E-state index is 1.03. The van der Waals surface area contributed by atoms with E-state index >= 15 is 0 Å². The number of rotatable bonds is 1. The second kappa shape index (κ2) is 4.54. The van der Waals surface area contributed by atoms with Crippen molar-refractivity contribution in [3.63, 3.8) is 0 Å². The van der Waals surface area contributed by atoms with E-state index in [1.165, 1.54) is 10.8 Å². The van der Waals surface area contributed by atoms with Gasteiger partial charge in [0.25, 0.3) is 0 Å². The molecule has 0 saturated heterocycles. The monoisotopic (exact) mass is 297 g/mol. The Bertz CT molecular complexity index is 705. The van der Waals surface area contributed by atoms with Gasteiger partial charge < -0.3 is 0 Å². The number of fused-ring (bicyclic) bond motifs is 1. The van der Waals surface area contributed by atoms with Gasteiger partial charge in [0.2, 0.25) is 0 Å². The van der Waals surface area contributed by atoms with Crippen LogP contribution in [-0.4, -0.2) is 4.98 Å². The van der Waals surface area contributed by atoms with E-state index < -0.39 is 0 Å². The molecular formula is C16H12BrN. The third kappa shape index (κ3) is 2.04. The van der Waals surface area contributed by atoms with Crippen LogP contribution in [0.25, 0.3) is 22.0 Å². The van der Waals surface area contributed by atoms with Crippen LogP contribution in [0.1, 0.15) is 5.69 Å². The molecule has 1 aromatic heterocycles. The first kappa shape index (κ1) is 11.4. The highest BCUT2D eigenvalue weighted by Crippen LogP contribution is 2.26. The van der Waals surface area contributed by atoms with Gasteiger partial charge in [-0.3, -0.25) is 4.98 Å². The van der Waals surface area contributed by atoms with Crippen LogP contribution in [0.2, 0.25) is 0 Å². The number of hydrogen-bond acceptors (Lipinski definition) is 1. The van der Waals surface area contributed by atoms with E-state index in [1.807, 2.05) is 18.2 Å². The molecule has 3 aromatic rings. The fraction of sp³-hybridized carbons (Fsp3) is 0.0625. The van der Waals surface area contributed by atoms with Gasteiger partial charge in [0.15, 0.2) is 0 Å². The van der Waals surface area contributed by atoms with Crippen molar-refractivity contribution < 1.29 is 0 Å². The molecule has 2 heteroatoms. The van der Waals surface area contributed by atoms with Crippen LogP contribution in [-0.2, 0) is 0 Å². The molecule has 0 amide bonds. The van der Waals surface area contributed by atoms with E-state index in [0.29, 0.717) is 0 Å². The molecule has 0 atom stereocenters. The first-order valence-corrected chi connectivity index (χ1v) is 6.66. The molecule has 0 aliphatic rings. The Morgan fingerprint density at radius 1 is 0.944 bits per heavy atom. The molecule has 0 aliphatic carbocycles. The van der Waals surface area contributed by atoms with Crippen LogP contribution < -0.4 is 0 Å². The van der Waals surface area contributed by atoms with Crippen molar-refractivity contribution in [2.75, 3.05) is 0 Å². The molecule has 1 heterocycles. The molecule has 88 valence electrons. The Labute approximate surface area is 115 Å². The van der Waals surface area contributed by atoms with Gasteiger partial charge in [0, 0.05) is 21.1 Å². The van der Waals surface area contributed by atoms with Gasteiger partial charge in [-0.2, -0.15) is 0 Å². The Morgan fingerprint density at radius 2 is 1.72 bits per heavy atom. The molecule has 0 unspecified atom stereocenters. The predicted molar refractivity (Wildman–Crippen MR) is 79.6 cm³/mol. The van der Waals surface area contributed by atoms with Gasteiger partial charge in [-0.15, -0.1) is 0 Å². The van der Waals surface area contributed by atoms with E-state index in [4.69, 9.17) is 4.98 Å². The summed E-state index contributed by atoms with van der Waals surface area (Å²) in [6, 6.07) is 18.7. The van der Waals surface area contributed by atoms with Crippen molar-refractivity contribution in [2.24, 2.45) is 0 Å². The molecule has 0 radical (unpaired) electrons. The smallest absolute Gasteiger partial charge is 0.0711 e. The minimum atomic E-state index is 1.03. The molecule has 0 bridgehead atoms. The lowest BCUT2D eigenvalue weighted by atomic mass is 10.1. The Hall–Kier alpha value is -1.67. The van der Waals surface area contributed by atoms with Crippen molar-refractivity contribution in [1.29, 1.82) is 0 Å². The zero-order valence-electron chi connectivity index (χ0n) is 10.0. The van der Waals surface area contributed by atoms with Crippen LogP contribution in [0, 0.1) is 6.92 Å². The first-order valence-electron chi connectivity index (χ1n) is 5.86. The maximum atomic E-state index is 4.69. The first-order chi connectivity index (χ1) is 8.74. The summed E-state index contributed by atoms with van der Waals surface area (Å²) in [6.45, 7) is 2.06. The molecule has 2 aromatic carbocycles. The van der Waals surface area contributed by atoms with Crippen molar-refractivity contribution in [2.45, 2.75) is 6.92 Å². The predicted octanol–water partition coefficient (Wildman–Crippen LogP) is 4.97. The van der Waals surface area contributed by atoms with Crippen molar-refractivity contribution in [3.05, 3.63) is 64.8 Å². The zero-order chi connectivity index (χ0) is 12.5. The summed E-state index contributed by atoms with van der Waals surface area (Å²) in [5, 5.41) is 2.42. The van der Waals surface area contributed by atoms with Crippen LogP contribution >= 0.6 is 15.9 Å². The topological polar surface area (TPSA) is 12.9 Å². The lowest BCUT2D eigenvalue weighted by Crippen LogP contribution is -1.89. The summed E-state index contributed by atoms with van der Waals surface area (Å²) in [5.41, 5.74) is 3.25. The highest BCUT2D eigenvalue weighted by molar-refractivity contribution is 9.10. The maximum absolute atomic E-state index is 4.69. The second-order valence-electron chi connectivity index (χ2n) is 4.32. The number of hydrogen-bond donors (Lipinski definition) is 0. The quantitative estimate of drug-likeness (QED) is 0.618. The van der Waals surface area contributed by atoms with Crippen LogP contribution in [0.4, 0.5) is 0 Å². The Kier molecular flexibility index (Phi) is 2.88. The fourth-order valence-corrected chi connectivity index (χ4v) is 2.51. The fourth-order valence-electron chi connectivity index (χ4n) is 2.14. The van der Waals surface area contributed by atoms with E-state index in [1.54, 1.807) is 0 Å². The molecule has 3 rings (SSSR count). The van der Waals surface area contributed by atoms with Crippen LogP contribution in [0.15, 0.2) is 59.1 Å². The number of aryl methyl sites for hydroxylation is 1. The van der Waals surface area contributed by atoms with Gasteiger partial charge in [0.1, 0.15) is 0 Å². The third-order valence-electron chi connectivity index (χ3n) is 3.06. The van der Waals surface area contributed by atoms with Gasteiger partial charge in [-0.1, -0.05) is 52.3 Å². The molecule has 0 saturated carbocycles. The lowest BCUT2D eigenvalue weighted by molar-refractivity contribution is 1.24. The van der Waals surface area contributed by atoms with E-state index in [2.05, 4.69) is 59.3 Å². The van der Waals surface area contributed by atoms with E-state index in [0.717, 1.165) is 21.4 Å². The number of benzene rings is 2. The van der Waals surface area contributed by atoms with Crippen LogP contribution in [0.3, 0.4) is 0 Å². The third-order valence-corrected chi connectivity index (χ3v) is 3.55. The molecule has 0 fully saturated rings. The van der Waals surface area contributed by atoms with Crippen LogP contribution in [0.5, 0.6) is 0 Å². The second-order valence-corrected chi connectivity index (χ2v) is 5.24. The highest BCUT2D eigenvalue weighted by atomic mass is 79.9. The summed E-state index contributed by atoms with van der Waals surface area (Å²) >= 11 is 3.50. The van der Waals surface area contributed by atoms with Gasteiger partial charge in [-0.25, -0.2) is 0 Å². The molecule has 0 N–H and O–H groups in total. The Balaban J connectivity index is 2.25. The van der Waals surface area contributed by atoms with Gasteiger partial charge in [-0.05, 0) is 30.5 Å². The SMILES string of the molecule is Cc1nc(-c2ccccc2)cc2ccc(Br)cc12. The molecular weight excluding hydrogens is 286 g/mol. The van der Waals surface area contributed by atoms with E-state index in [-0.39, 0.29) is 0 Å². The summed E-state index contributed by atoms with van der Waals surface area (Å²) in [6.07, 6.45) is 0. The Morgan fingerprint density at radius 3 is 2.50 bits per heavy atom. The zero-order valence-corrected chi connectivity index (χ0v) is 11.6. The molecule has 0 spiro atoms.